The van der Waals surface area contributed by atoms with Gasteiger partial charge in [0.25, 0.3) is 0 Å². The summed E-state index contributed by atoms with van der Waals surface area (Å²) in [4.78, 5) is 35.3. The summed E-state index contributed by atoms with van der Waals surface area (Å²) in [6.07, 6.45) is 40.2. The quantitative estimate of drug-likeness (QED) is 0.0280. The highest BCUT2D eigenvalue weighted by Crippen LogP contribution is 2.43. The Morgan fingerprint density at radius 3 is 1.14 bits per heavy atom. The number of phosphoric ester groups is 1. The van der Waals surface area contributed by atoms with Crippen LogP contribution in [0.15, 0.2) is 0 Å². The molecule has 0 aromatic heterocycles. The molecule has 0 saturated heterocycles. The van der Waals surface area contributed by atoms with Gasteiger partial charge in [0, 0.05) is 12.8 Å². The molecule has 56 heavy (non-hydrogen) atoms. The maximum absolute atomic E-state index is 12.6. The maximum atomic E-state index is 12.6. The number of carbonyl (C=O) groups excluding carboxylic acids is 2. The number of likely N-dealkylation sites (N-methyl/N-ethyl adjacent to an activating group) is 1. The molecular formula is C46H93NO8P+. The van der Waals surface area contributed by atoms with Crippen molar-refractivity contribution in [2.24, 2.45) is 0 Å². The molecule has 0 aromatic carbocycles. The molecule has 0 saturated carbocycles. The molecule has 0 fully saturated rings. The van der Waals surface area contributed by atoms with Crippen molar-refractivity contribution in [1.29, 1.82) is 0 Å². The van der Waals surface area contributed by atoms with Gasteiger partial charge in [-0.25, -0.2) is 4.57 Å². The Balaban J connectivity index is 4.12. The van der Waals surface area contributed by atoms with Crippen molar-refractivity contribution in [2.45, 2.75) is 238 Å². The Kier molecular flexibility index (Phi) is 38.8. The molecule has 334 valence electrons. The van der Waals surface area contributed by atoms with Gasteiger partial charge >= 0.3 is 19.8 Å². The predicted octanol–water partition coefficient (Wildman–Crippen LogP) is 13.6. The van der Waals surface area contributed by atoms with E-state index in [0.717, 1.165) is 32.1 Å². The second-order valence-electron chi connectivity index (χ2n) is 17.5. The maximum Gasteiger partial charge on any atom is 0.472 e. The lowest BCUT2D eigenvalue weighted by Gasteiger charge is -2.24. The Morgan fingerprint density at radius 2 is 0.804 bits per heavy atom. The highest BCUT2D eigenvalue weighted by Gasteiger charge is 2.27. The second-order valence-corrected chi connectivity index (χ2v) is 19.0. The van der Waals surface area contributed by atoms with Gasteiger partial charge in [-0.15, -0.1) is 0 Å². The van der Waals surface area contributed by atoms with Crippen LogP contribution in [-0.4, -0.2) is 74.9 Å². The minimum atomic E-state index is -4.36. The normalized spacial score (nSPS) is 13.5. The van der Waals surface area contributed by atoms with E-state index in [-0.39, 0.29) is 25.6 Å². The highest BCUT2D eigenvalue weighted by atomic mass is 31.2. The molecule has 0 amide bonds. The number of carbonyl (C=O) groups is 2. The summed E-state index contributed by atoms with van der Waals surface area (Å²) in [6, 6.07) is 0. The number of rotatable bonds is 44. The van der Waals surface area contributed by atoms with Crippen molar-refractivity contribution >= 4 is 19.8 Å². The zero-order valence-corrected chi connectivity index (χ0v) is 38.5. The van der Waals surface area contributed by atoms with Crippen molar-refractivity contribution < 1.29 is 42.1 Å². The molecule has 0 aliphatic heterocycles. The van der Waals surface area contributed by atoms with Crippen molar-refractivity contribution in [3.05, 3.63) is 0 Å². The molecule has 0 aromatic rings. The number of unbranched alkanes of at least 4 members (excludes halogenated alkanes) is 30. The fraction of sp³-hybridized carbons (Fsp3) is 0.957. The van der Waals surface area contributed by atoms with E-state index in [9.17, 15) is 19.0 Å². The number of ether oxygens (including phenoxy) is 2. The zero-order chi connectivity index (χ0) is 41.4. The van der Waals surface area contributed by atoms with Gasteiger partial charge in [-0.1, -0.05) is 206 Å². The fourth-order valence-corrected chi connectivity index (χ4v) is 7.64. The minimum Gasteiger partial charge on any atom is -0.462 e. The van der Waals surface area contributed by atoms with Crippen LogP contribution in [-0.2, 0) is 32.7 Å². The van der Waals surface area contributed by atoms with Gasteiger partial charge in [-0.3, -0.25) is 18.6 Å². The first-order valence-corrected chi connectivity index (χ1v) is 25.3. The van der Waals surface area contributed by atoms with Crippen LogP contribution in [0.2, 0.25) is 0 Å². The first-order chi connectivity index (χ1) is 27.0. The van der Waals surface area contributed by atoms with Crippen LogP contribution in [0.4, 0.5) is 0 Å². The summed E-state index contributed by atoms with van der Waals surface area (Å²) in [6.45, 7) is 4.45. The number of hydrogen-bond acceptors (Lipinski definition) is 7. The van der Waals surface area contributed by atoms with Gasteiger partial charge in [0.05, 0.1) is 27.7 Å². The van der Waals surface area contributed by atoms with E-state index >= 15 is 0 Å². The molecule has 2 unspecified atom stereocenters. The number of hydrogen-bond donors (Lipinski definition) is 1. The number of phosphoric acid groups is 1. The molecule has 0 aliphatic rings. The molecule has 1 N–H and O–H groups in total. The number of esters is 2. The summed E-state index contributed by atoms with van der Waals surface area (Å²) >= 11 is 0. The summed E-state index contributed by atoms with van der Waals surface area (Å²) in [5.41, 5.74) is 0. The van der Waals surface area contributed by atoms with E-state index in [2.05, 4.69) is 13.8 Å². The second kappa shape index (κ2) is 39.5. The van der Waals surface area contributed by atoms with Crippen LogP contribution in [0.3, 0.4) is 0 Å². The van der Waals surface area contributed by atoms with E-state index in [1.807, 2.05) is 21.1 Å². The van der Waals surface area contributed by atoms with Gasteiger partial charge in [-0.05, 0) is 12.8 Å². The Bertz CT molecular complexity index is 927. The highest BCUT2D eigenvalue weighted by molar-refractivity contribution is 7.47. The SMILES string of the molecule is CCCCCCCCCCCCCCCCCCCCCCCCC(=O)OCC(COP(=O)(O)OCC[N+](C)(C)C)OC(=O)CCCCCCCCCCCC. The topological polar surface area (TPSA) is 108 Å². The molecule has 10 heteroatoms. The molecule has 2 atom stereocenters. The van der Waals surface area contributed by atoms with Gasteiger partial charge < -0.3 is 18.9 Å². The third kappa shape index (κ3) is 42.6. The zero-order valence-electron chi connectivity index (χ0n) is 37.6. The summed E-state index contributed by atoms with van der Waals surface area (Å²) in [5.74, 6) is -0.784. The van der Waals surface area contributed by atoms with E-state index < -0.39 is 26.5 Å². The Morgan fingerprint density at radius 1 is 0.482 bits per heavy atom. The largest absolute Gasteiger partial charge is 0.472 e. The van der Waals surface area contributed by atoms with Crippen molar-refractivity contribution in [1.82, 2.24) is 0 Å². The summed E-state index contributed by atoms with van der Waals surface area (Å²) in [7, 11) is 1.49. The average molecular weight is 819 g/mol. The van der Waals surface area contributed by atoms with Crippen LogP contribution < -0.4 is 0 Å². The van der Waals surface area contributed by atoms with E-state index in [1.54, 1.807) is 0 Å². The van der Waals surface area contributed by atoms with Gasteiger partial charge in [0.2, 0.25) is 0 Å². The number of quaternary nitrogens is 1. The molecule has 9 nitrogen and oxygen atoms in total. The van der Waals surface area contributed by atoms with Crippen LogP contribution in [0.5, 0.6) is 0 Å². The van der Waals surface area contributed by atoms with Crippen LogP contribution in [0, 0.1) is 0 Å². The predicted molar refractivity (Wildman–Crippen MR) is 234 cm³/mol. The molecule has 0 heterocycles. The summed E-state index contributed by atoms with van der Waals surface area (Å²) < 4.78 is 34.3. The third-order valence-corrected chi connectivity index (χ3v) is 11.6. The van der Waals surface area contributed by atoms with Crippen molar-refractivity contribution in [2.75, 3.05) is 47.5 Å². The van der Waals surface area contributed by atoms with Gasteiger partial charge in [-0.2, -0.15) is 0 Å². The van der Waals surface area contributed by atoms with Crippen LogP contribution in [0.1, 0.15) is 232 Å². The molecule has 0 radical (unpaired) electrons. The van der Waals surface area contributed by atoms with Crippen LogP contribution in [0.25, 0.3) is 0 Å². The Labute approximate surface area is 346 Å². The first-order valence-electron chi connectivity index (χ1n) is 23.8. The lowest BCUT2D eigenvalue weighted by Crippen LogP contribution is -2.37. The standard InChI is InChI=1S/C46H92NO8P/c1-6-8-10-12-14-16-18-19-20-21-22-23-24-25-26-27-28-29-31-32-34-36-38-45(48)52-42-44(43-54-56(50,51)53-41-40-47(3,4)5)55-46(49)39-37-35-33-30-17-15-13-11-9-7-2/h44H,6-43H2,1-5H3/p+1. The van der Waals surface area contributed by atoms with Crippen molar-refractivity contribution in [3.8, 4) is 0 Å². The van der Waals surface area contributed by atoms with E-state index in [1.165, 1.54) is 167 Å². The monoisotopic (exact) mass is 819 g/mol. The molecule has 0 aliphatic carbocycles. The lowest BCUT2D eigenvalue weighted by molar-refractivity contribution is -0.870. The fourth-order valence-electron chi connectivity index (χ4n) is 6.90. The van der Waals surface area contributed by atoms with Crippen LogP contribution >= 0.6 is 7.82 Å². The van der Waals surface area contributed by atoms with E-state index in [0.29, 0.717) is 23.9 Å². The molecule has 0 rings (SSSR count). The molecule has 0 bridgehead atoms. The number of nitrogens with zero attached hydrogens (tertiary/aromatic N) is 1. The Hall–Kier alpha value is -0.990. The smallest absolute Gasteiger partial charge is 0.462 e. The summed E-state index contributed by atoms with van der Waals surface area (Å²) in [5, 5.41) is 0. The average Bonchev–Trinajstić information content (AvgIpc) is 3.15. The van der Waals surface area contributed by atoms with Gasteiger partial charge in [0.15, 0.2) is 6.10 Å². The molecule has 0 spiro atoms. The van der Waals surface area contributed by atoms with Crippen molar-refractivity contribution in [3.63, 3.8) is 0 Å². The minimum absolute atomic E-state index is 0.0367. The lowest BCUT2D eigenvalue weighted by atomic mass is 10.0. The van der Waals surface area contributed by atoms with Gasteiger partial charge in [0.1, 0.15) is 19.8 Å². The molecular weight excluding hydrogens is 725 g/mol. The van der Waals surface area contributed by atoms with E-state index in [4.69, 9.17) is 18.5 Å². The third-order valence-electron chi connectivity index (χ3n) is 10.6. The first kappa shape index (κ1) is 55.0.